The summed E-state index contributed by atoms with van der Waals surface area (Å²) in [5.41, 5.74) is 9.38. The van der Waals surface area contributed by atoms with Gasteiger partial charge in [0, 0.05) is 16.8 Å². The van der Waals surface area contributed by atoms with E-state index in [0.29, 0.717) is 0 Å². The fourth-order valence-electron chi connectivity index (χ4n) is 4.20. The molecular formula is C25H27N. The molecule has 1 aliphatic rings. The Labute approximate surface area is 157 Å². The van der Waals surface area contributed by atoms with Crippen LogP contribution in [0, 0.1) is 0 Å². The van der Waals surface area contributed by atoms with Gasteiger partial charge < -0.3 is 5.32 Å². The summed E-state index contributed by atoms with van der Waals surface area (Å²) in [4.78, 5) is 0. The van der Waals surface area contributed by atoms with Gasteiger partial charge in [-0.3, -0.25) is 0 Å². The zero-order chi connectivity index (χ0) is 18.5. The van der Waals surface area contributed by atoms with Crippen molar-refractivity contribution < 1.29 is 0 Å². The molecule has 0 amide bonds. The number of benzene rings is 3. The van der Waals surface area contributed by atoms with Crippen LogP contribution in [0.25, 0.3) is 11.1 Å². The van der Waals surface area contributed by atoms with Crippen molar-refractivity contribution >= 4 is 11.4 Å². The van der Waals surface area contributed by atoms with E-state index < -0.39 is 0 Å². The highest BCUT2D eigenvalue weighted by Gasteiger charge is 2.35. The largest absolute Gasteiger partial charge is 0.355 e. The molecule has 0 fully saturated rings. The molecule has 0 radical (unpaired) electrons. The van der Waals surface area contributed by atoms with Gasteiger partial charge >= 0.3 is 0 Å². The van der Waals surface area contributed by atoms with Crippen LogP contribution in [0.5, 0.6) is 0 Å². The monoisotopic (exact) mass is 341 g/mol. The fraction of sp³-hybridized carbons (Fsp3) is 0.280. The normalized spacial score (nSPS) is 14.7. The van der Waals surface area contributed by atoms with Crippen molar-refractivity contribution in [2.24, 2.45) is 0 Å². The summed E-state index contributed by atoms with van der Waals surface area (Å²) in [5.74, 6) is 0. The summed E-state index contributed by atoms with van der Waals surface area (Å²) in [6, 6.07) is 24.2. The number of hydrogen-bond donors (Lipinski definition) is 1. The van der Waals surface area contributed by atoms with Gasteiger partial charge in [-0.15, -0.1) is 0 Å². The van der Waals surface area contributed by atoms with Crippen LogP contribution < -0.4 is 5.32 Å². The molecule has 0 heterocycles. The molecule has 1 N–H and O–H groups in total. The van der Waals surface area contributed by atoms with Crippen LogP contribution in [0.1, 0.15) is 51.3 Å². The van der Waals surface area contributed by atoms with Crippen molar-refractivity contribution in [2.45, 2.75) is 45.4 Å². The lowest BCUT2D eigenvalue weighted by Gasteiger charge is -2.24. The van der Waals surface area contributed by atoms with E-state index in [9.17, 15) is 0 Å². The predicted molar refractivity (Wildman–Crippen MR) is 112 cm³/mol. The molecule has 132 valence electrons. The average molecular weight is 341 g/mol. The minimum absolute atomic E-state index is 0.0633. The van der Waals surface area contributed by atoms with E-state index in [-0.39, 0.29) is 10.8 Å². The predicted octanol–water partition coefficient (Wildman–Crippen LogP) is 7.03. The highest BCUT2D eigenvalue weighted by Crippen LogP contribution is 2.49. The summed E-state index contributed by atoms with van der Waals surface area (Å²) in [5, 5.41) is 3.67. The van der Waals surface area contributed by atoms with E-state index in [1.807, 2.05) is 0 Å². The summed E-state index contributed by atoms with van der Waals surface area (Å²) >= 11 is 0. The fourth-order valence-corrected chi connectivity index (χ4v) is 4.20. The van der Waals surface area contributed by atoms with Crippen molar-refractivity contribution in [3.63, 3.8) is 0 Å². The molecule has 3 aromatic carbocycles. The number of nitrogens with one attached hydrogen (secondary N) is 1. The smallest absolute Gasteiger partial charge is 0.0422 e. The van der Waals surface area contributed by atoms with Gasteiger partial charge in [0.15, 0.2) is 0 Å². The Morgan fingerprint density at radius 3 is 2.15 bits per heavy atom. The van der Waals surface area contributed by atoms with Crippen LogP contribution in [-0.2, 0) is 10.8 Å². The Morgan fingerprint density at radius 2 is 1.38 bits per heavy atom. The maximum Gasteiger partial charge on any atom is 0.0422 e. The SMILES string of the molecule is CC(C)(C)c1ccccc1Nc1ccc2c(c1)-c1ccccc1C2(C)C. The second kappa shape index (κ2) is 5.74. The molecule has 4 rings (SSSR count). The molecule has 1 nitrogen and oxygen atoms in total. The van der Waals surface area contributed by atoms with Crippen molar-refractivity contribution in [3.05, 3.63) is 83.4 Å². The third-order valence-corrected chi connectivity index (χ3v) is 5.60. The van der Waals surface area contributed by atoms with Crippen LogP contribution in [-0.4, -0.2) is 0 Å². The van der Waals surface area contributed by atoms with Gasteiger partial charge in [0.25, 0.3) is 0 Å². The van der Waals surface area contributed by atoms with E-state index in [1.54, 1.807) is 0 Å². The minimum atomic E-state index is 0.0633. The Hall–Kier alpha value is -2.54. The number of para-hydroxylation sites is 1. The molecule has 0 aromatic heterocycles. The average Bonchev–Trinajstić information content (AvgIpc) is 2.83. The van der Waals surface area contributed by atoms with Crippen LogP contribution >= 0.6 is 0 Å². The lowest BCUT2D eigenvalue weighted by Crippen LogP contribution is -2.15. The number of anilines is 2. The highest BCUT2D eigenvalue weighted by molar-refractivity contribution is 5.83. The van der Waals surface area contributed by atoms with Gasteiger partial charge in [-0.2, -0.15) is 0 Å². The Morgan fingerprint density at radius 1 is 0.731 bits per heavy atom. The lowest BCUT2D eigenvalue weighted by atomic mass is 9.82. The van der Waals surface area contributed by atoms with Crippen molar-refractivity contribution in [3.8, 4) is 11.1 Å². The van der Waals surface area contributed by atoms with Gasteiger partial charge in [0.2, 0.25) is 0 Å². The summed E-state index contributed by atoms with van der Waals surface area (Å²) in [7, 11) is 0. The zero-order valence-corrected chi connectivity index (χ0v) is 16.4. The Balaban J connectivity index is 1.78. The van der Waals surface area contributed by atoms with Crippen LogP contribution in [0.15, 0.2) is 66.7 Å². The molecule has 3 aromatic rings. The van der Waals surface area contributed by atoms with Gasteiger partial charge in [-0.25, -0.2) is 0 Å². The highest BCUT2D eigenvalue weighted by atomic mass is 14.9. The molecule has 0 aliphatic heterocycles. The second-order valence-electron chi connectivity index (χ2n) is 8.85. The summed E-state index contributed by atoms with van der Waals surface area (Å²) in [6.45, 7) is 11.4. The Kier molecular flexibility index (Phi) is 3.73. The lowest BCUT2D eigenvalue weighted by molar-refractivity contribution is 0.592. The minimum Gasteiger partial charge on any atom is -0.355 e. The molecule has 1 heteroatoms. The van der Waals surface area contributed by atoms with Crippen LogP contribution in [0.2, 0.25) is 0 Å². The topological polar surface area (TPSA) is 12.0 Å². The molecular weight excluding hydrogens is 314 g/mol. The Bertz CT molecular complexity index is 973. The van der Waals surface area contributed by atoms with E-state index in [0.717, 1.165) is 5.69 Å². The van der Waals surface area contributed by atoms with Crippen molar-refractivity contribution in [1.82, 2.24) is 0 Å². The molecule has 0 bridgehead atoms. The molecule has 0 saturated heterocycles. The van der Waals surface area contributed by atoms with Crippen molar-refractivity contribution in [2.75, 3.05) is 5.32 Å². The first-order chi connectivity index (χ1) is 12.3. The van der Waals surface area contributed by atoms with Gasteiger partial charge in [0.05, 0.1) is 0 Å². The standard InChI is InChI=1S/C25H27N/c1-24(2,3)22-12-8-9-13-23(22)26-17-14-15-21-19(16-17)18-10-6-7-11-20(18)25(21,4)5/h6-16,26H,1-5H3. The van der Waals surface area contributed by atoms with Crippen molar-refractivity contribution in [1.29, 1.82) is 0 Å². The number of fused-ring (bicyclic) bond motifs is 3. The first-order valence-electron chi connectivity index (χ1n) is 9.39. The first-order valence-corrected chi connectivity index (χ1v) is 9.39. The molecule has 0 saturated carbocycles. The molecule has 0 atom stereocenters. The second-order valence-corrected chi connectivity index (χ2v) is 8.85. The molecule has 26 heavy (non-hydrogen) atoms. The molecule has 0 spiro atoms. The number of rotatable bonds is 2. The maximum atomic E-state index is 3.67. The van der Waals surface area contributed by atoms with Crippen LogP contribution in [0.3, 0.4) is 0 Å². The quantitative estimate of drug-likeness (QED) is 0.527. The molecule has 1 aliphatic carbocycles. The van der Waals surface area contributed by atoms with E-state index in [4.69, 9.17) is 0 Å². The zero-order valence-electron chi connectivity index (χ0n) is 16.4. The van der Waals surface area contributed by atoms with E-state index in [1.165, 1.54) is 33.5 Å². The van der Waals surface area contributed by atoms with Gasteiger partial charge in [-0.1, -0.05) is 83.1 Å². The van der Waals surface area contributed by atoms with E-state index in [2.05, 4.69) is 107 Å². The third kappa shape index (κ3) is 2.63. The maximum absolute atomic E-state index is 3.67. The first kappa shape index (κ1) is 16.9. The van der Waals surface area contributed by atoms with Gasteiger partial charge in [0.1, 0.15) is 0 Å². The third-order valence-electron chi connectivity index (χ3n) is 5.60. The van der Waals surface area contributed by atoms with E-state index >= 15 is 0 Å². The van der Waals surface area contributed by atoms with Gasteiger partial charge in [-0.05, 0) is 51.4 Å². The summed E-state index contributed by atoms with van der Waals surface area (Å²) in [6.07, 6.45) is 0. The summed E-state index contributed by atoms with van der Waals surface area (Å²) < 4.78 is 0. The molecule has 0 unspecified atom stereocenters. The number of hydrogen-bond acceptors (Lipinski definition) is 1. The van der Waals surface area contributed by atoms with Crippen LogP contribution in [0.4, 0.5) is 11.4 Å².